The second-order valence-corrected chi connectivity index (χ2v) is 11.7. The Kier molecular flexibility index (Phi) is 6.39. The summed E-state index contributed by atoms with van der Waals surface area (Å²) in [5.41, 5.74) is 3.33. The maximum absolute atomic E-state index is 13.7. The molecule has 5 rings (SSSR count). The molecule has 0 saturated heterocycles. The standard InChI is InChI=1S/C26H26N4O3S2/c1-3-18-6-13-23-24(15-18)34-26(28-23)30(17-19-5-4-14-27-16-19)25(31)20-7-11-22(12-8-20)35(32,33)29(2)21-9-10-21/h4-8,11-16,21H,3,9-10,17H2,1-2H3. The van der Waals surface area contributed by atoms with Gasteiger partial charge in [0.2, 0.25) is 10.0 Å². The van der Waals surface area contributed by atoms with Gasteiger partial charge in [0.05, 0.1) is 21.7 Å². The molecular formula is C26H26N4O3S2. The molecule has 35 heavy (non-hydrogen) atoms. The summed E-state index contributed by atoms with van der Waals surface area (Å²) in [6.07, 6.45) is 6.12. The van der Waals surface area contributed by atoms with E-state index in [4.69, 9.17) is 4.98 Å². The Bertz CT molecular complexity index is 1460. The van der Waals surface area contributed by atoms with Crippen molar-refractivity contribution < 1.29 is 13.2 Å². The molecule has 0 spiro atoms. The van der Waals surface area contributed by atoms with Gasteiger partial charge in [0.1, 0.15) is 0 Å². The molecule has 0 bridgehead atoms. The zero-order chi connectivity index (χ0) is 24.6. The highest BCUT2D eigenvalue weighted by Gasteiger charge is 2.35. The Balaban J connectivity index is 1.48. The fourth-order valence-corrected chi connectivity index (χ4v) is 6.36. The van der Waals surface area contributed by atoms with Crippen LogP contribution in [0.15, 0.2) is 71.9 Å². The van der Waals surface area contributed by atoms with Crippen molar-refractivity contribution in [3.63, 3.8) is 0 Å². The number of anilines is 1. The van der Waals surface area contributed by atoms with Gasteiger partial charge in [-0.1, -0.05) is 30.4 Å². The third-order valence-corrected chi connectivity index (χ3v) is 9.19. The van der Waals surface area contributed by atoms with Gasteiger partial charge in [0, 0.05) is 31.0 Å². The first-order valence-corrected chi connectivity index (χ1v) is 13.8. The van der Waals surface area contributed by atoms with Gasteiger partial charge in [-0.25, -0.2) is 13.4 Å². The molecule has 1 amide bonds. The van der Waals surface area contributed by atoms with Crippen LogP contribution >= 0.6 is 11.3 Å². The first-order valence-electron chi connectivity index (χ1n) is 11.5. The van der Waals surface area contributed by atoms with E-state index in [1.807, 2.05) is 18.2 Å². The smallest absolute Gasteiger partial charge is 0.260 e. The van der Waals surface area contributed by atoms with E-state index in [1.165, 1.54) is 33.3 Å². The van der Waals surface area contributed by atoms with E-state index in [2.05, 4.69) is 24.0 Å². The number of carbonyl (C=O) groups is 1. The van der Waals surface area contributed by atoms with E-state index in [-0.39, 0.29) is 16.8 Å². The van der Waals surface area contributed by atoms with E-state index >= 15 is 0 Å². The van der Waals surface area contributed by atoms with Crippen LogP contribution in [0.1, 0.15) is 41.3 Å². The molecule has 4 aromatic rings. The Labute approximate surface area is 209 Å². The lowest BCUT2D eigenvalue weighted by Crippen LogP contribution is -2.31. The highest BCUT2D eigenvalue weighted by atomic mass is 32.2. The summed E-state index contributed by atoms with van der Waals surface area (Å²) in [6.45, 7) is 2.41. The maximum Gasteiger partial charge on any atom is 0.260 e. The van der Waals surface area contributed by atoms with E-state index in [1.54, 1.807) is 36.5 Å². The molecule has 2 heterocycles. The largest absolute Gasteiger partial charge is 0.279 e. The van der Waals surface area contributed by atoms with Crippen LogP contribution in [0.4, 0.5) is 5.13 Å². The monoisotopic (exact) mass is 506 g/mol. The molecule has 2 aromatic carbocycles. The molecule has 1 aliphatic carbocycles. The highest BCUT2D eigenvalue weighted by Crippen LogP contribution is 2.33. The van der Waals surface area contributed by atoms with Crippen LogP contribution in [0.3, 0.4) is 0 Å². The minimum Gasteiger partial charge on any atom is -0.279 e. The predicted octanol–water partition coefficient (Wildman–Crippen LogP) is 4.88. The number of nitrogens with zero attached hydrogens (tertiary/aromatic N) is 4. The molecule has 1 fully saturated rings. The van der Waals surface area contributed by atoms with Crippen LogP contribution in [-0.2, 0) is 23.0 Å². The number of aromatic nitrogens is 2. The Morgan fingerprint density at radius 2 is 1.86 bits per heavy atom. The van der Waals surface area contributed by atoms with E-state index < -0.39 is 10.0 Å². The van der Waals surface area contributed by atoms with Crippen LogP contribution in [0.2, 0.25) is 0 Å². The molecule has 1 saturated carbocycles. The first-order chi connectivity index (χ1) is 16.9. The average Bonchev–Trinajstić information content (AvgIpc) is 3.65. The minimum atomic E-state index is -3.57. The number of sulfonamides is 1. The fourth-order valence-electron chi connectivity index (χ4n) is 3.92. The molecule has 1 aliphatic rings. The average molecular weight is 507 g/mol. The van der Waals surface area contributed by atoms with Gasteiger partial charge in [0.15, 0.2) is 5.13 Å². The zero-order valence-corrected chi connectivity index (χ0v) is 21.2. The van der Waals surface area contributed by atoms with Crippen molar-refractivity contribution in [3.8, 4) is 0 Å². The van der Waals surface area contributed by atoms with Gasteiger partial charge < -0.3 is 0 Å². The third kappa shape index (κ3) is 4.84. The van der Waals surface area contributed by atoms with Crippen molar-refractivity contribution in [1.29, 1.82) is 0 Å². The van der Waals surface area contributed by atoms with Crippen molar-refractivity contribution in [1.82, 2.24) is 14.3 Å². The van der Waals surface area contributed by atoms with E-state index in [9.17, 15) is 13.2 Å². The minimum absolute atomic E-state index is 0.0727. The maximum atomic E-state index is 13.7. The molecule has 0 radical (unpaired) electrons. The molecule has 0 unspecified atom stereocenters. The third-order valence-electron chi connectivity index (χ3n) is 6.23. The number of hydrogen-bond acceptors (Lipinski definition) is 6. The number of hydrogen-bond donors (Lipinski definition) is 0. The summed E-state index contributed by atoms with van der Waals surface area (Å²) in [7, 11) is -1.96. The molecular weight excluding hydrogens is 480 g/mol. The lowest BCUT2D eigenvalue weighted by Gasteiger charge is -2.20. The van der Waals surface area contributed by atoms with Crippen LogP contribution in [-0.4, -0.2) is 41.7 Å². The number of fused-ring (bicyclic) bond motifs is 1. The number of amides is 1. The van der Waals surface area contributed by atoms with Gasteiger partial charge in [-0.3, -0.25) is 14.7 Å². The summed E-state index contributed by atoms with van der Waals surface area (Å²) in [6, 6.07) is 16.1. The summed E-state index contributed by atoms with van der Waals surface area (Å²) in [5.74, 6) is -0.247. The molecule has 7 nitrogen and oxygen atoms in total. The molecule has 0 atom stereocenters. The number of rotatable bonds is 8. The summed E-state index contributed by atoms with van der Waals surface area (Å²) in [5, 5.41) is 0.590. The second-order valence-electron chi connectivity index (χ2n) is 8.68. The number of thiazole rings is 1. The Morgan fingerprint density at radius 1 is 1.09 bits per heavy atom. The normalized spacial score (nSPS) is 13.9. The topological polar surface area (TPSA) is 83.5 Å². The SMILES string of the molecule is CCc1ccc2nc(N(Cc3cccnc3)C(=O)c3ccc(S(=O)(=O)N(C)C4CC4)cc3)sc2c1. The number of aryl methyl sites for hydroxylation is 1. The van der Waals surface area contributed by atoms with Crippen molar-refractivity contribution in [2.75, 3.05) is 11.9 Å². The zero-order valence-electron chi connectivity index (χ0n) is 19.6. The van der Waals surface area contributed by atoms with E-state index in [0.717, 1.165) is 35.0 Å². The number of benzene rings is 2. The van der Waals surface area contributed by atoms with Gasteiger partial charge >= 0.3 is 0 Å². The first kappa shape index (κ1) is 23.6. The summed E-state index contributed by atoms with van der Waals surface area (Å²) < 4.78 is 28.2. The van der Waals surface area contributed by atoms with Gasteiger partial charge in [-0.15, -0.1) is 0 Å². The highest BCUT2D eigenvalue weighted by molar-refractivity contribution is 7.89. The van der Waals surface area contributed by atoms with E-state index in [0.29, 0.717) is 17.2 Å². The van der Waals surface area contributed by atoms with Gasteiger partial charge in [-0.2, -0.15) is 4.31 Å². The van der Waals surface area contributed by atoms with Gasteiger partial charge in [-0.05, 0) is 72.9 Å². The molecule has 9 heteroatoms. The molecule has 180 valence electrons. The van der Waals surface area contributed by atoms with Crippen LogP contribution in [0.5, 0.6) is 0 Å². The lowest BCUT2D eigenvalue weighted by atomic mass is 10.2. The Hall–Kier alpha value is -3.14. The van der Waals surface area contributed by atoms with Crippen molar-refractivity contribution in [3.05, 3.63) is 83.7 Å². The van der Waals surface area contributed by atoms with Gasteiger partial charge in [0.25, 0.3) is 5.91 Å². The molecule has 0 aliphatic heterocycles. The fraction of sp³-hybridized carbons (Fsp3) is 0.269. The van der Waals surface area contributed by atoms with Crippen LogP contribution in [0, 0.1) is 0 Å². The van der Waals surface area contributed by atoms with Crippen molar-refractivity contribution >= 4 is 42.6 Å². The quantitative estimate of drug-likeness (QED) is 0.340. The lowest BCUT2D eigenvalue weighted by molar-refractivity contribution is 0.0985. The van der Waals surface area contributed by atoms with Crippen molar-refractivity contribution in [2.24, 2.45) is 0 Å². The second kappa shape index (κ2) is 9.49. The number of pyridine rings is 1. The summed E-state index contributed by atoms with van der Waals surface area (Å²) in [4.78, 5) is 24.4. The number of carbonyl (C=O) groups excluding carboxylic acids is 1. The molecule has 0 N–H and O–H groups in total. The Morgan fingerprint density at radius 3 is 2.51 bits per heavy atom. The van der Waals surface area contributed by atoms with Crippen molar-refractivity contribution in [2.45, 2.75) is 43.7 Å². The predicted molar refractivity (Wildman–Crippen MR) is 138 cm³/mol. The summed E-state index contributed by atoms with van der Waals surface area (Å²) >= 11 is 1.47. The van der Waals surface area contributed by atoms with Crippen LogP contribution in [0.25, 0.3) is 10.2 Å². The molecule has 2 aromatic heterocycles. The van der Waals surface area contributed by atoms with Crippen LogP contribution < -0.4 is 4.90 Å².